The van der Waals surface area contributed by atoms with Gasteiger partial charge in [-0.25, -0.2) is 4.39 Å². The SMILES string of the molecule is O=C([O-])c1ccc(F)c(OCOC2C3CC4CC(C3)CC2C4)c1. The van der Waals surface area contributed by atoms with Gasteiger partial charge in [-0.05, 0) is 74.0 Å². The monoisotopic (exact) mass is 319 g/mol. The van der Waals surface area contributed by atoms with Gasteiger partial charge in [0.1, 0.15) is 0 Å². The number of ether oxygens (including phenoxy) is 2. The average molecular weight is 319 g/mol. The van der Waals surface area contributed by atoms with E-state index in [0.717, 1.165) is 30.0 Å². The van der Waals surface area contributed by atoms with Crippen molar-refractivity contribution in [3.8, 4) is 5.75 Å². The number of carboxylic acid groups (broad SMARTS) is 1. The molecule has 5 rings (SSSR count). The molecule has 124 valence electrons. The molecule has 1 aromatic rings. The topological polar surface area (TPSA) is 58.6 Å². The summed E-state index contributed by atoms with van der Waals surface area (Å²) < 4.78 is 25.0. The molecule has 0 aromatic heterocycles. The zero-order valence-electron chi connectivity index (χ0n) is 12.9. The highest BCUT2D eigenvalue weighted by Gasteiger charge is 2.48. The second-order valence-electron chi connectivity index (χ2n) is 7.26. The number of carboxylic acids is 1. The fourth-order valence-electron chi connectivity index (χ4n) is 5.06. The summed E-state index contributed by atoms with van der Waals surface area (Å²) in [5.74, 6) is 0.908. The van der Waals surface area contributed by atoms with Crippen LogP contribution in [0.3, 0.4) is 0 Å². The molecule has 4 aliphatic carbocycles. The van der Waals surface area contributed by atoms with E-state index in [1.165, 1.54) is 32.1 Å². The van der Waals surface area contributed by atoms with Crippen molar-refractivity contribution < 1.29 is 23.8 Å². The largest absolute Gasteiger partial charge is 0.545 e. The highest BCUT2D eigenvalue weighted by atomic mass is 19.1. The molecule has 0 unspecified atom stereocenters. The minimum absolute atomic E-state index is 0.0412. The van der Waals surface area contributed by atoms with Crippen LogP contribution in [-0.2, 0) is 4.74 Å². The molecular weight excluding hydrogens is 299 g/mol. The zero-order valence-corrected chi connectivity index (χ0v) is 12.9. The zero-order chi connectivity index (χ0) is 16.0. The first-order valence-electron chi connectivity index (χ1n) is 8.35. The smallest absolute Gasteiger partial charge is 0.189 e. The molecule has 4 bridgehead atoms. The van der Waals surface area contributed by atoms with Crippen LogP contribution in [0.5, 0.6) is 5.75 Å². The number of hydrogen-bond donors (Lipinski definition) is 0. The van der Waals surface area contributed by atoms with Gasteiger partial charge in [0.2, 0.25) is 0 Å². The van der Waals surface area contributed by atoms with Gasteiger partial charge in [-0.3, -0.25) is 0 Å². The molecule has 0 saturated heterocycles. The normalized spacial score (nSPS) is 34.6. The van der Waals surface area contributed by atoms with Crippen LogP contribution in [0, 0.1) is 29.5 Å². The summed E-state index contributed by atoms with van der Waals surface area (Å²) in [5.41, 5.74) is -0.101. The minimum atomic E-state index is -1.35. The lowest BCUT2D eigenvalue weighted by Crippen LogP contribution is -2.49. The third kappa shape index (κ3) is 2.82. The van der Waals surface area contributed by atoms with E-state index in [9.17, 15) is 14.3 Å². The van der Waals surface area contributed by atoms with Crippen LogP contribution < -0.4 is 9.84 Å². The van der Waals surface area contributed by atoms with Gasteiger partial charge in [-0.15, -0.1) is 0 Å². The van der Waals surface area contributed by atoms with Crippen molar-refractivity contribution in [3.05, 3.63) is 29.6 Å². The van der Waals surface area contributed by atoms with Crippen molar-refractivity contribution in [2.45, 2.75) is 38.2 Å². The lowest BCUT2D eigenvalue weighted by molar-refractivity contribution is -0.255. The second-order valence-corrected chi connectivity index (χ2v) is 7.26. The van der Waals surface area contributed by atoms with Crippen molar-refractivity contribution in [2.75, 3.05) is 6.79 Å². The summed E-state index contributed by atoms with van der Waals surface area (Å²) >= 11 is 0. The molecule has 23 heavy (non-hydrogen) atoms. The molecule has 0 amide bonds. The summed E-state index contributed by atoms with van der Waals surface area (Å²) in [6, 6.07) is 3.38. The van der Waals surface area contributed by atoms with Crippen molar-refractivity contribution in [3.63, 3.8) is 0 Å². The highest BCUT2D eigenvalue weighted by Crippen LogP contribution is 2.54. The Kier molecular flexibility index (Phi) is 3.76. The van der Waals surface area contributed by atoms with Crippen molar-refractivity contribution >= 4 is 5.97 Å². The van der Waals surface area contributed by atoms with Gasteiger partial charge in [-0.2, -0.15) is 0 Å². The maximum absolute atomic E-state index is 13.7. The predicted octanol–water partition coefficient (Wildman–Crippen LogP) is 2.37. The molecule has 4 saturated carbocycles. The first kappa shape index (κ1) is 14.9. The van der Waals surface area contributed by atoms with Crippen LogP contribution in [0.25, 0.3) is 0 Å². The maximum atomic E-state index is 13.7. The molecule has 4 nitrogen and oxygen atoms in total. The van der Waals surface area contributed by atoms with Gasteiger partial charge >= 0.3 is 0 Å². The molecule has 0 spiro atoms. The standard InChI is InChI=1S/C18H21FO4/c19-15-2-1-12(18(20)21)8-16(15)22-9-23-17-13-4-10-3-11(6-13)7-14(17)5-10/h1-2,8,10-11,13-14,17H,3-7,9H2,(H,20,21)/p-1. The van der Waals surface area contributed by atoms with Gasteiger partial charge < -0.3 is 19.4 Å². The fraction of sp³-hybridized carbons (Fsp3) is 0.611. The van der Waals surface area contributed by atoms with E-state index in [-0.39, 0.29) is 24.2 Å². The summed E-state index contributed by atoms with van der Waals surface area (Å²) in [6.07, 6.45) is 6.56. The first-order valence-corrected chi connectivity index (χ1v) is 8.35. The summed E-state index contributed by atoms with van der Waals surface area (Å²) in [6.45, 7) is -0.0412. The molecule has 1 aromatic carbocycles. The van der Waals surface area contributed by atoms with Crippen LogP contribution >= 0.6 is 0 Å². The van der Waals surface area contributed by atoms with Crippen LogP contribution in [0.15, 0.2) is 18.2 Å². The number of rotatable bonds is 5. The molecule has 4 fully saturated rings. The van der Waals surface area contributed by atoms with Crippen LogP contribution in [-0.4, -0.2) is 18.9 Å². The lowest BCUT2D eigenvalue weighted by Gasteiger charge is -2.53. The first-order chi connectivity index (χ1) is 11.1. The summed E-state index contributed by atoms with van der Waals surface area (Å²) in [7, 11) is 0. The van der Waals surface area contributed by atoms with Crippen LogP contribution in [0.4, 0.5) is 4.39 Å². The second kappa shape index (κ2) is 5.78. The van der Waals surface area contributed by atoms with E-state index in [1.54, 1.807) is 0 Å². The lowest BCUT2D eigenvalue weighted by atomic mass is 9.55. The number of carbonyl (C=O) groups is 1. The molecule has 0 radical (unpaired) electrons. The van der Waals surface area contributed by atoms with Crippen LogP contribution in [0.1, 0.15) is 42.5 Å². The Morgan fingerprint density at radius 3 is 2.39 bits per heavy atom. The molecule has 0 aliphatic heterocycles. The predicted molar refractivity (Wildman–Crippen MR) is 78.1 cm³/mol. The van der Waals surface area contributed by atoms with E-state index in [2.05, 4.69) is 0 Å². The Bertz CT molecular complexity index is 587. The van der Waals surface area contributed by atoms with Crippen LogP contribution in [0.2, 0.25) is 0 Å². The Morgan fingerprint density at radius 1 is 1.13 bits per heavy atom. The van der Waals surface area contributed by atoms with E-state index >= 15 is 0 Å². The molecule has 0 heterocycles. The maximum Gasteiger partial charge on any atom is 0.189 e. The van der Waals surface area contributed by atoms with E-state index in [1.807, 2.05) is 0 Å². The molecule has 4 aliphatic rings. The minimum Gasteiger partial charge on any atom is -0.545 e. The third-order valence-electron chi connectivity index (χ3n) is 5.78. The summed E-state index contributed by atoms with van der Waals surface area (Å²) in [5, 5.41) is 10.8. The van der Waals surface area contributed by atoms with Gasteiger partial charge in [0.15, 0.2) is 18.4 Å². The third-order valence-corrected chi connectivity index (χ3v) is 5.78. The van der Waals surface area contributed by atoms with E-state index in [4.69, 9.17) is 9.47 Å². The molecule has 0 atom stereocenters. The number of hydrogen-bond acceptors (Lipinski definition) is 4. The Balaban J connectivity index is 1.37. The summed E-state index contributed by atoms with van der Waals surface area (Å²) in [4.78, 5) is 10.8. The Labute approximate surface area is 134 Å². The molecular formula is C18H20FO4-. The molecule has 0 N–H and O–H groups in total. The van der Waals surface area contributed by atoms with Gasteiger partial charge in [-0.1, -0.05) is 0 Å². The number of aromatic carboxylic acids is 1. The van der Waals surface area contributed by atoms with E-state index < -0.39 is 11.8 Å². The van der Waals surface area contributed by atoms with Crippen molar-refractivity contribution in [1.82, 2.24) is 0 Å². The quantitative estimate of drug-likeness (QED) is 0.782. The van der Waals surface area contributed by atoms with Gasteiger partial charge in [0, 0.05) is 5.56 Å². The molecule has 5 heteroatoms. The highest BCUT2D eigenvalue weighted by molar-refractivity contribution is 5.86. The van der Waals surface area contributed by atoms with Crippen molar-refractivity contribution in [1.29, 1.82) is 0 Å². The Hall–Kier alpha value is -1.62. The Morgan fingerprint density at radius 2 is 1.78 bits per heavy atom. The number of carbonyl (C=O) groups excluding carboxylic acids is 1. The van der Waals surface area contributed by atoms with E-state index in [0.29, 0.717) is 11.8 Å². The fourth-order valence-corrected chi connectivity index (χ4v) is 5.06. The number of benzene rings is 1. The average Bonchev–Trinajstić information content (AvgIpc) is 2.50. The van der Waals surface area contributed by atoms with Gasteiger partial charge in [0.05, 0.1) is 12.1 Å². The number of halogens is 1. The van der Waals surface area contributed by atoms with Gasteiger partial charge in [0.25, 0.3) is 0 Å². The van der Waals surface area contributed by atoms with Crippen molar-refractivity contribution in [2.24, 2.45) is 23.7 Å².